The number of methoxy groups -OCH3 is 1. The zero-order valence-corrected chi connectivity index (χ0v) is 11.8. The van der Waals surface area contributed by atoms with Gasteiger partial charge in [-0.1, -0.05) is 38.1 Å². The van der Waals surface area contributed by atoms with Gasteiger partial charge in [0, 0.05) is 19.7 Å². The highest BCUT2D eigenvalue weighted by Crippen LogP contribution is 2.20. The highest BCUT2D eigenvalue weighted by atomic mass is 16.5. The number of ether oxygens (including phenoxy) is 1. The molecule has 3 heteroatoms. The number of aliphatic hydroxyl groups is 1. The van der Waals surface area contributed by atoms with Crippen molar-refractivity contribution in [2.24, 2.45) is 0 Å². The maximum atomic E-state index is 10.2. The van der Waals surface area contributed by atoms with Crippen LogP contribution < -0.4 is 5.32 Å². The van der Waals surface area contributed by atoms with Gasteiger partial charge in [0.15, 0.2) is 0 Å². The van der Waals surface area contributed by atoms with Crippen LogP contribution in [0.4, 0.5) is 0 Å². The van der Waals surface area contributed by atoms with Crippen LogP contribution in [0.15, 0.2) is 24.3 Å². The molecule has 0 aliphatic carbocycles. The van der Waals surface area contributed by atoms with Gasteiger partial charge in [-0.2, -0.15) is 0 Å². The fourth-order valence-electron chi connectivity index (χ4n) is 1.87. The van der Waals surface area contributed by atoms with Gasteiger partial charge < -0.3 is 15.2 Å². The van der Waals surface area contributed by atoms with Gasteiger partial charge in [-0.15, -0.1) is 0 Å². The lowest BCUT2D eigenvalue weighted by atomic mass is 9.98. The molecule has 18 heavy (non-hydrogen) atoms. The minimum Gasteiger partial charge on any atom is -0.387 e. The first-order valence-corrected chi connectivity index (χ1v) is 6.56. The van der Waals surface area contributed by atoms with E-state index in [4.69, 9.17) is 4.74 Å². The van der Waals surface area contributed by atoms with E-state index in [1.54, 1.807) is 7.11 Å². The van der Waals surface area contributed by atoms with Gasteiger partial charge in [0.1, 0.15) is 0 Å². The van der Waals surface area contributed by atoms with E-state index in [0.717, 1.165) is 12.1 Å². The topological polar surface area (TPSA) is 41.5 Å². The summed E-state index contributed by atoms with van der Waals surface area (Å²) in [5.74, 6) is 0.522. The van der Waals surface area contributed by atoms with Crippen LogP contribution in [0, 0.1) is 0 Å². The average molecular weight is 251 g/mol. The lowest BCUT2D eigenvalue weighted by Crippen LogP contribution is -2.34. The fourth-order valence-corrected chi connectivity index (χ4v) is 1.87. The fraction of sp³-hybridized carbons (Fsp3) is 0.600. The molecule has 1 rings (SSSR count). The second-order valence-electron chi connectivity index (χ2n) is 5.00. The quantitative estimate of drug-likeness (QED) is 0.731. The van der Waals surface area contributed by atoms with Crippen molar-refractivity contribution in [2.45, 2.75) is 38.8 Å². The average Bonchev–Trinajstić information content (AvgIpc) is 2.38. The molecule has 0 radical (unpaired) electrons. The highest BCUT2D eigenvalue weighted by molar-refractivity contribution is 5.26. The number of nitrogens with one attached hydrogen (secondary N) is 1. The molecule has 1 aromatic rings. The molecule has 0 aromatic heterocycles. The second-order valence-corrected chi connectivity index (χ2v) is 5.00. The summed E-state index contributed by atoms with van der Waals surface area (Å²) < 4.78 is 4.98. The van der Waals surface area contributed by atoms with E-state index in [9.17, 15) is 5.11 Å². The SMILES string of the molecule is COCCNC(C)C(O)c1ccc(C(C)C)cc1. The van der Waals surface area contributed by atoms with Crippen LogP contribution in [0.2, 0.25) is 0 Å². The van der Waals surface area contributed by atoms with E-state index in [1.165, 1.54) is 5.56 Å². The van der Waals surface area contributed by atoms with Crippen LogP contribution in [0.1, 0.15) is 43.9 Å². The molecule has 1 aromatic carbocycles. The lowest BCUT2D eigenvalue weighted by molar-refractivity contribution is 0.126. The molecule has 2 N–H and O–H groups in total. The van der Waals surface area contributed by atoms with E-state index in [2.05, 4.69) is 31.3 Å². The summed E-state index contributed by atoms with van der Waals surface area (Å²) in [6.45, 7) is 7.72. The van der Waals surface area contributed by atoms with Crippen LogP contribution in [-0.4, -0.2) is 31.4 Å². The van der Waals surface area contributed by atoms with Gasteiger partial charge >= 0.3 is 0 Å². The first kappa shape index (κ1) is 15.2. The molecule has 0 saturated heterocycles. The highest BCUT2D eigenvalue weighted by Gasteiger charge is 2.15. The van der Waals surface area contributed by atoms with Gasteiger partial charge in [-0.05, 0) is 24.0 Å². The third kappa shape index (κ3) is 4.41. The Kier molecular flexibility index (Phi) is 6.33. The molecule has 102 valence electrons. The van der Waals surface area contributed by atoms with Crippen molar-refractivity contribution < 1.29 is 9.84 Å². The Morgan fingerprint density at radius 2 is 1.67 bits per heavy atom. The Morgan fingerprint density at radius 1 is 1.11 bits per heavy atom. The molecule has 2 atom stereocenters. The van der Waals surface area contributed by atoms with Crippen molar-refractivity contribution in [1.29, 1.82) is 0 Å². The Bertz CT molecular complexity index is 335. The molecule has 0 spiro atoms. The van der Waals surface area contributed by atoms with Crippen LogP contribution in [-0.2, 0) is 4.74 Å². The Morgan fingerprint density at radius 3 is 2.17 bits per heavy atom. The zero-order valence-electron chi connectivity index (χ0n) is 11.8. The third-order valence-corrected chi connectivity index (χ3v) is 3.19. The van der Waals surface area contributed by atoms with Crippen molar-refractivity contribution in [3.8, 4) is 0 Å². The summed E-state index contributed by atoms with van der Waals surface area (Å²) in [5, 5.41) is 13.5. The third-order valence-electron chi connectivity index (χ3n) is 3.19. The normalized spacial score (nSPS) is 14.8. The lowest BCUT2D eigenvalue weighted by Gasteiger charge is -2.21. The van der Waals surface area contributed by atoms with Crippen LogP contribution in [0.25, 0.3) is 0 Å². The number of rotatable bonds is 7. The van der Waals surface area contributed by atoms with E-state index < -0.39 is 6.10 Å². The molecule has 0 fully saturated rings. The van der Waals surface area contributed by atoms with Crippen molar-refractivity contribution >= 4 is 0 Å². The summed E-state index contributed by atoms with van der Waals surface area (Å²) in [7, 11) is 1.67. The molecule has 3 nitrogen and oxygen atoms in total. The second kappa shape index (κ2) is 7.52. The Hall–Kier alpha value is -0.900. The van der Waals surface area contributed by atoms with Gasteiger partial charge in [0.25, 0.3) is 0 Å². The van der Waals surface area contributed by atoms with Crippen LogP contribution >= 0.6 is 0 Å². The smallest absolute Gasteiger partial charge is 0.0940 e. The first-order valence-electron chi connectivity index (χ1n) is 6.56. The summed E-state index contributed by atoms with van der Waals surface area (Å²) >= 11 is 0. The van der Waals surface area contributed by atoms with Crippen molar-refractivity contribution in [2.75, 3.05) is 20.3 Å². The molecule has 2 unspecified atom stereocenters. The summed E-state index contributed by atoms with van der Waals surface area (Å²) in [6, 6.07) is 8.21. The number of hydrogen-bond donors (Lipinski definition) is 2. The number of hydrogen-bond acceptors (Lipinski definition) is 3. The van der Waals surface area contributed by atoms with Crippen LogP contribution in [0.5, 0.6) is 0 Å². The first-order chi connectivity index (χ1) is 8.56. The molecular formula is C15H25NO2. The predicted molar refractivity (Wildman–Crippen MR) is 74.8 cm³/mol. The largest absolute Gasteiger partial charge is 0.387 e. The maximum absolute atomic E-state index is 10.2. The van der Waals surface area contributed by atoms with Crippen molar-refractivity contribution in [3.63, 3.8) is 0 Å². The number of benzene rings is 1. The molecule has 0 saturated carbocycles. The summed E-state index contributed by atoms with van der Waals surface area (Å²) in [6.07, 6.45) is -0.483. The van der Waals surface area contributed by atoms with E-state index >= 15 is 0 Å². The van der Waals surface area contributed by atoms with Gasteiger partial charge in [0.05, 0.1) is 12.7 Å². The molecule has 0 aliphatic heterocycles. The van der Waals surface area contributed by atoms with E-state index in [-0.39, 0.29) is 6.04 Å². The van der Waals surface area contributed by atoms with Gasteiger partial charge in [0.2, 0.25) is 0 Å². The molecule has 0 heterocycles. The molecule has 0 bridgehead atoms. The van der Waals surface area contributed by atoms with Crippen molar-refractivity contribution in [3.05, 3.63) is 35.4 Å². The van der Waals surface area contributed by atoms with Crippen LogP contribution in [0.3, 0.4) is 0 Å². The summed E-state index contributed by atoms with van der Waals surface area (Å²) in [5.41, 5.74) is 2.25. The predicted octanol–water partition coefficient (Wildman–Crippen LogP) is 2.47. The summed E-state index contributed by atoms with van der Waals surface area (Å²) in [4.78, 5) is 0. The maximum Gasteiger partial charge on any atom is 0.0940 e. The standard InChI is InChI=1S/C15H25NO2/c1-11(2)13-5-7-14(8-6-13)15(17)12(3)16-9-10-18-4/h5-8,11-12,15-17H,9-10H2,1-4H3. The van der Waals surface area contributed by atoms with Gasteiger partial charge in [-0.25, -0.2) is 0 Å². The zero-order chi connectivity index (χ0) is 13.5. The van der Waals surface area contributed by atoms with Gasteiger partial charge in [-0.3, -0.25) is 0 Å². The minimum absolute atomic E-state index is 0.0186. The minimum atomic E-state index is -0.483. The number of aliphatic hydroxyl groups excluding tert-OH is 1. The van der Waals surface area contributed by atoms with E-state index in [0.29, 0.717) is 12.5 Å². The monoisotopic (exact) mass is 251 g/mol. The molecular weight excluding hydrogens is 226 g/mol. The van der Waals surface area contributed by atoms with E-state index in [1.807, 2.05) is 19.1 Å². The molecule has 0 amide bonds. The Balaban J connectivity index is 2.57. The van der Waals surface area contributed by atoms with Crippen molar-refractivity contribution in [1.82, 2.24) is 5.32 Å². The Labute approximate surface area is 110 Å². The molecule has 0 aliphatic rings.